The summed E-state index contributed by atoms with van der Waals surface area (Å²) in [5.41, 5.74) is 0. The van der Waals surface area contributed by atoms with E-state index in [1.165, 1.54) is 32.1 Å². The van der Waals surface area contributed by atoms with Crippen LogP contribution in [-0.4, -0.2) is 24.8 Å². The van der Waals surface area contributed by atoms with Gasteiger partial charge >= 0.3 is 0 Å². The number of hydrogen-bond acceptors (Lipinski definition) is 2. The van der Waals surface area contributed by atoms with Crippen LogP contribution in [0.25, 0.3) is 0 Å². The lowest BCUT2D eigenvalue weighted by Gasteiger charge is -2.18. The molecule has 0 saturated heterocycles. The Morgan fingerprint density at radius 3 is 2.58 bits per heavy atom. The van der Waals surface area contributed by atoms with Crippen molar-refractivity contribution in [3.05, 3.63) is 0 Å². The third-order valence-corrected chi connectivity index (χ3v) is 2.58. The van der Waals surface area contributed by atoms with E-state index in [0.29, 0.717) is 0 Å². The normalized spacial score (nSPS) is 20.2. The van der Waals surface area contributed by atoms with Crippen LogP contribution in [0.2, 0.25) is 0 Å². The van der Waals surface area contributed by atoms with Gasteiger partial charge in [0.2, 0.25) is 0 Å². The number of nitrogens with zero attached hydrogens (tertiary/aromatic N) is 2. The predicted molar refractivity (Wildman–Crippen MR) is 53.4 cm³/mol. The lowest BCUT2D eigenvalue weighted by molar-refractivity contribution is 0.368. The summed E-state index contributed by atoms with van der Waals surface area (Å²) < 4.78 is 0. The first-order valence-corrected chi connectivity index (χ1v) is 5.08. The predicted octanol–water partition coefficient (Wildman–Crippen LogP) is 2.50. The van der Waals surface area contributed by atoms with E-state index in [9.17, 15) is 0 Å². The second-order valence-electron chi connectivity index (χ2n) is 3.64. The van der Waals surface area contributed by atoms with Gasteiger partial charge in [0.1, 0.15) is 0 Å². The highest BCUT2D eigenvalue weighted by Gasteiger charge is 2.10. The van der Waals surface area contributed by atoms with Crippen LogP contribution in [0.4, 0.5) is 0 Å². The molecule has 1 aliphatic carbocycles. The molecule has 0 atom stereocenters. The van der Waals surface area contributed by atoms with Gasteiger partial charge in [0.05, 0.1) is 0 Å². The minimum atomic E-state index is 0.757. The summed E-state index contributed by atoms with van der Waals surface area (Å²) in [6, 6.07) is 0. The van der Waals surface area contributed by atoms with Crippen LogP contribution in [0, 0.1) is 5.92 Å². The van der Waals surface area contributed by atoms with Gasteiger partial charge in [-0.25, -0.2) is 0 Å². The van der Waals surface area contributed by atoms with E-state index >= 15 is 0 Å². The van der Waals surface area contributed by atoms with Crippen LogP contribution in [0.3, 0.4) is 0 Å². The molecule has 0 heterocycles. The highest BCUT2D eigenvalue weighted by molar-refractivity contribution is 5.60. The molecule has 1 saturated carbocycles. The van der Waals surface area contributed by atoms with Crippen molar-refractivity contribution in [1.82, 2.24) is 5.01 Å². The molecule has 0 aromatic heterocycles. The summed E-state index contributed by atoms with van der Waals surface area (Å²) in [5, 5.41) is 6.37. The fourth-order valence-corrected chi connectivity index (χ4v) is 1.57. The molecule has 0 unspecified atom stereocenters. The third-order valence-electron chi connectivity index (χ3n) is 2.58. The van der Waals surface area contributed by atoms with Crippen molar-refractivity contribution in [1.29, 1.82) is 0 Å². The van der Waals surface area contributed by atoms with Crippen LogP contribution in [-0.2, 0) is 0 Å². The van der Waals surface area contributed by atoms with Gasteiger partial charge < -0.3 is 5.01 Å². The summed E-state index contributed by atoms with van der Waals surface area (Å²) in [6.07, 6.45) is 9.05. The Hall–Kier alpha value is -0.530. The molecular formula is C10H20N2. The Morgan fingerprint density at radius 2 is 2.00 bits per heavy atom. The summed E-state index contributed by atoms with van der Waals surface area (Å²) in [6.45, 7) is 3.13. The van der Waals surface area contributed by atoms with Crippen LogP contribution >= 0.6 is 0 Å². The quantitative estimate of drug-likeness (QED) is 0.467. The van der Waals surface area contributed by atoms with Gasteiger partial charge in [0, 0.05) is 19.8 Å². The van der Waals surface area contributed by atoms with Crippen molar-refractivity contribution in [3.8, 4) is 0 Å². The molecule has 0 spiro atoms. The van der Waals surface area contributed by atoms with Gasteiger partial charge in [-0.05, 0) is 25.7 Å². The fourth-order valence-electron chi connectivity index (χ4n) is 1.57. The first-order valence-electron chi connectivity index (χ1n) is 5.08. The van der Waals surface area contributed by atoms with E-state index in [2.05, 4.69) is 18.2 Å². The van der Waals surface area contributed by atoms with Crippen LogP contribution < -0.4 is 0 Å². The maximum Gasteiger partial charge on any atom is 0.0328 e. The van der Waals surface area contributed by atoms with Gasteiger partial charge in [0.15, 0.2) is 0 Å². The summed E-state index contributed by atoms with van der Waals surface area (Å²) in [5.74, 6) is 0.757. The first kappa shape index (κ1) is 9.56. The Balaban J connectivity index is 2.23. The molecular weight excluding hydrogens is 148 g/mol. The van der Waals surface area contributed by atoms with Gasteiger partial charge in [-0.3, -0.25) is 0 Å². The molecule has 0 aliphatic heterocycles. The third kappa shape index (κ3) is 3.24. The van der Waals surface area contributed by atoms with E-state index in [1.54, 1.807) is 0 Å². The molecule has 0 N–H and O–H groups in total. The standard InChI is InChI=1S/C10H20N2/c1-3-12(2)11-9-10-7-5-4-6-8-10/h9-10H,3-8H2,1-2H3/b11-9+. The van der Waals surface area contributed by atoms with E-state index in [1.807, 2.05) is 12.1 Å². The number of hydrogen-bond donors (Lipinski definition) is 0. The van der Waals surface area contributed by atoms with Crippen molar-refractivity contribution >= 4 is 6.21 Å². The van der Waals surface area contributed by atoms with E-state index in [4.69, 9.17) is 0 Å². The lowest BCUT2D eigenvalue weighted by Crippen LogP contribution is -2.13. The van der Waals surface area contributed by atoms with Crippen molar-refractivity contribution < 1.29 is 0 Å². The molecule has 0 bridgehead atoms. The van der Waals surface area contributed by atoms with Gasteiger partial charge in [-0.1, -0.05) is 19.3 Å². The first-order chi connectivity index (χ1) is 5.83. The van der Waals surface area contributed by atoms with Gasteiger partial charge in [-0.15, -0.1) is 0 Å². The molecule has 1 aliphatic rings. The largest absolute Gasteiger partial charge is 0.301 e. The molecule has 2 heteroatoms. The maximum atomic E-state index is 4.37. The highest BCUT2D eigenvalue weighted by atomic mass is 15.4. The molecule has 70 valence electrons. The maximum absolute atomic E-state index is 4.37. The zero-order chi connectivity index (χ0) is 8.81. The Kier molecular flexibility index (Phi) is 4.12. The lowest BCUT2D eigenvalue weighted by atomic mass is 9.90. The Morgan fingerprint density at radius 1 is 1.33 bits per heavy atom. The van der Waals surface area contributed by atoms with Crippen LogP contribution in [0.15, 0.2) is 5.10 Å². The molecule has 0 radical (unpaired) electrons. The monoisotopic (exact) mass is 168 g/mol. The molecule has 12 heavy (non-hydrogen) atoms. The van der Waals surface area contributed by atoms with Crippen molar-refractivity contribution in [2.45, 2.75) is 39.0 Å². The second-order valence-corrected chi connectivity index (χ2v) is 3.64. The number of hydrazone groups is 1. The van der Waals surface area contributed by atoms with E-state index in [-0.39, 0.29) is 0 Å². The van der Waals surface area contributed by atoms with Crippen molar-refractivity contribution in [2.24, 2.45) is 11.0 Å². The Labute approximate surface area is 75.6 Å². The minimum Gasteiger partial charge on any atom is -0.301 e. The molecule has 1 rings (SSSR count). The molecule has 2 nitrogen and oxygen atoms in total. The van der Waals surface area contributed by atoms with Gasteiger partial charge in [-0.2, -0.15) is 5.10 Å². The zero-order valence-corrected chi connectivity index (χ0v) is 8.29. The van der Waals surface area contributed by atoms with Crippen LogP contribution in [0.1, 0.15) is 39.0 Å². The fraction of sp³-hybridized carbons (Fsp3) is 0.900. The SMILES string of the molecule is CCN(C)/N=C/C1CCCCC1. The van der Waals surface area contributed by atoms with Gasteiger partial charge in [0.25, 0.3) is 0 Å². The van der Waals surface area contributed by atoms with Crippen LogP contribution in [0.5, 0.6) is 0 Å². The molecule has 0 amide bonds. The highest BCUT2D eigenvalue weighted by Crippen LogP contribution is 2.21. The molecule has 0 aromatic carbocycles. The molecule has 1 fully saturated rings. The summed E-state index contributed by atoms with van der Waals surface area (Å²) in [7, 11) is 2.03. The Bertz CT molecular complexity index is 137. The summed E-state index contributed by atoms with van der Waals surface area (Å²) >= 11 is 0. The van der Waals surface area contributed by atoms with E-state index < -0.39 is 0 Å². The number of rotatable bonds is 3. The average Bonchev–Trinajstić information content (AvgIpc) is 2.16. The van der Waals surface area contributed by atoms with Crippen molar-refractivity contribution in [2.75, 3.05) is 13.6 Å². The molecule has 0 aromatic rings. The van der Waals surface area contributed by atoms with Crippen molar-refractivity contribution in [3.63, 3.8) is 0 Å². The zero-order valence-electron chi connectivity index (χ0n) is 8.29. The topological polar surface area (TPSA) is 15.6 Å². The summed E-state index contributed by atoms with van der Waals surface area (Å²) in [4.78, 5) is 0. The minimum absolute atomic E-state index is 0.757. The smallest absolute Gasteiger partial charge is 0.0328 e. The second kappa shape index (κ2) is 5.18. The average molecular weight is 168 g/mol. The van der Waals surface area contributed by atoms with E-state index in [0.717, 1.165) is 12.5 Å².